The number of carboxylic acids is 1. The molecule has 0 saturated carbocycles. The number of aromatic nitrogens is 3. The summed E-state index contributed by atoms with van der Waals surface area (Å²) in [5.74, 6) is -2.08. The topological polar surface area (TPSA) is 117 Å². The zero-order chi connectivity index (χ0) is 27.3. The maximum absolute atomic E-state index is 13.9. The van der Waals surface area contributed by atoms with Gasteiger partial charge in [-0.25, -0.2) is 18.7 Å². The Morgan fingerprint density at radius 2 is 1.95 bits per heavy atom. The van der Waals surface area contributed by atoms with Crippen LogP contribution in [0.15, 0.2) is 54.7 Å². The summed E-state index contributed by atoms with van der Waals surface area (Å²) in [4.78, 5) is 44.9. The van der Waals surface area contributed by atoms with Crippen LogP contribution in [0.5, 0.6) is 0 Å². The molecule has 3 heterocycles. The molecule has 2 aliphatic rings. The van der Waals surface area contributed by atoms with E-state index in [1.165, 1.54) is 28.9 Å². The van der Waals surface area contributed by atoms with E-state index in [0.29, 0.717) is 37.0 Å². The summed E-state index contributed by atoms with van der Waals surface area (Å²) >= 11 is 0. The molecule has 0 radical (unpaired) electrons. The summed E-state index contributed by atoms with van der Waals surface area (Å²) in [5, 5.41) is 16.7. The van der Waals surface area contributed by atoms with Crippen molar-refractivity contribution < 1.29 is 23.9 Å². The van der Waals surface area contributed by atoms with Gasteiger partial charge in [-0.15, -0.1) is 0 Å². The summed E-state index contributed by atoms with van der Waals surface area (Å²) < 4.78 is 15.3. The lowest BCUT2D eigenvalue weighted by Crippen LogP contribution is -2.33. The minimum absolute atomic E-state index is 0.116. The average Bonchev–Trinajstić information content (AvgIpc) is 3.68. The second-order valence-electron chi connectivity index (χ2n) is 10.0. The number of rotatable bonds is 5. The highest BCUT2D eigenvalue weighted by Gasteiger charge is 2.33. The number of likely N-dealkylation sites (tertiary alicyclic amines) is 1. The summed E-state index contributed by atoms with van der Waals surface area (Å²) in [6.07, 6.45) is 4.29. The smallest absolute Gasteiger partial charge is 0.335 e. The van der Waals surface area contributed by atoms with Crippen LogP contribution in [0.25, 0.3) is 5.65 Å². The Kier molecular flexibility index (Phi) is 6.09. The number of fused-ring (bicyclic) bond motifs is 2. The van der Waals surface area contributed by atoms with Gasteiger partial charge in [0.1, 0.15) is 17.2 Å². The van der Waals surface area contributed by atoms with Gasteiger partial charge in [0.05, 0.1) is 23.8 Å². The second-order valence-corrected chi connectivity index (χ2v) is 10.0. The van der Waals surface area contributed by atoms with Crippen LogP contribution in [0.1, 0.15) is 84.9 Å². The van der Waals surface area contributed by atoms with Crippen molar-refractivity contribution in [3.05, 3.63) is 99.8 Å². The molecule has 2 aromatic carbocycles. The van der Waals surface area contributed by atoms with Crippen molar-refractivity contribution in [1.82, 2.24) is 24.8 Å². The first-order valence-corrected chi connectivity index (χ1v) is 12.9. The lowest BCUT2D eigenvalue weighted by Gasteiger charge is -2.25. The highest BCUT2D eigenvalue weighted by Crippen LogP contribution is 2.35. The number of amides is 2. The maximum atomic E-state index is 13.9. The Morgan fingerprint density at radius 1 is 1.10 bits per heavy atom. The Balaban J connectivity index is 1.30. The zero-order valence-corrected chi connectivity index (χ0v) is 21.2. The Bertz CT molecular complexity index is 1650. The van der Waals surface area contributed by atoms with Crippen LogP contribution in [-0.2, 0) is 6.42 Å². The van der Waals surface area contributed by atoms with Gasteiger partial charge in [0.2, 0.25) is 0 Å². The number of nitrogens with one attached hydrogen (secondary N) is 1. The first-order valence-electron chi connectivity index (χ1n) is 12.9. The van der Waals surface area contributed by atoms with Crippen molar-refractivity contribution in [3.8, 4) is 0 Å². The van der Waals surface area contributed by atoms with Gasteiger partial charge in [-0.1, -0.05) is 18.2 Å². The average molecular weight is 528 g/mol. The Hall–Kier alpha value is -4.60. The summed E-state index contributed by atoms with van der Waals surface area (Å²) in [6, 6.07) is 12.1. The quantitative estimate of drug-likeness (QED) is 0.400. The van der Waals surface area contributed by atoms with Crippen LogP contribution in [0.2, 0.25) is 0 Å². The number of hydrogen-bond donors (Lipinski definition) is 2. The molecule has 2 amide bonds. The van der Waals surface area contributed by atoms with E-state index in [1.807, 2.05) is 6.07 Å². The molecule has 1 saturated heterocycles. The summed E-state index contributed by atoms with van der Waals surface area (Å²) in [5.41, 5.74) is 4.17. The third-order valence-corrected chi connectivity index (χ3v) is 7.79. The molecule has 1 aliphatic heterocycles. The van der Waals surface area contributed by atoms with Gasteiger partial charge in [-0.3, -0.25) is 9.59 Å². The normalized spacial score (nSPS) is 18.4. The third kappa shape index (κ3) is 4.31. The lowest BCUT2D eigenvalue weighted by molar-refractivity contribution is 0.0693. The minimum Gasteiger partial charge on any atom is -0.478 e. The van der Waals surface area contributed by atoms with Gasteiger partial charge in [0, 0.05) is 18.7 Å². The number of hydrogen-bond acceptors (Lipinski definition) is 5. The van der Waals surface area contributed by atoms with Crippen LogP contribution in [-0.4, -0.2) is 48.9 Å². The van der Waals surface area contributed by atoms with E-state index in [-0.39, 0.29) is 40.8 Å². The van der Waals surface area contributed by atoms with Crippen molar-refractivity contribution in [3.63, 3.8) is 0 Å². The zero-order valence-electron chi connectivity index (χ0n) is 21.2. The monoisotopic (exact) mass is 527 g/mol. The fraction of sp³-hybridized carbons (Fsp3) is 0.276. The van der Waals surface area contributed by atoms with Gasteiger partial charge in [-0.2, -0.15) is 5.10 Å². The van der Waals surface area contributed by atoms with Crippen molar-refractivity contribution in [2.75, 3.05) is 6.54 Å². The van der Waals surface area contributed by atoms with Crippen LogP contribution in [0.4, 0.5) is 4.39 Å². The fourth-order valence-corrected chi connectivity index (χ4v) is 5.90. The van der Waals surface area contributed by atoms with Gasteiger partial charge in [0.25, 0.3) is 11.8 Å². The van der Waals surface area contributed by atoms with E-state index in [0.717, 1.165) is 23.1 Å². The minimum atomic E-state index is -0.976. The molecule has 2 N–H and O–H groups in total. The van der Waals surface area contributed by atoms with Crippen LogP contribution in [0, 0.1) is 12.7 Å². The molecule has 1 fully saturated rings. The van der Waals surface area contributed by atoms with E-state index >= 15 is 0 Å². The van der Waals surface area contributed by atoms with Gasteiger partial charge < -0.3 is 15.3 Å². The standard InChI is InChI=1S/C29H26FN5O4/c1-16-19-9-10-22(21(19)8-7-20(16)29(38)39)33-27(36)25-15-23(32-26-11-12-31-35(25)26)28(37)34-13-3-6-24(34)17-4-2-5-18(30)14-17/h2,4-5,7-8,11-12,14-15,22,24H,3,6,9-10,13H2,1H3,(H,33,36)(H,38,39)/t22-,24?/m0/s1. The molecule has 2 aromatic heterocycles. The predicted octanol–water partition coefficient (Wildman–Crippen LogP) is 4.27. The molecule has 4 aromatic rings. The molecule has 2 atom stereocenters. The molecule has 9 nitrogen and oxygen atoms in total. The molecule has 1 unspecified atom stereocenters. The first-order chi connectivity index (χ1) is 18.8. The maximum Gasteiger partial charge on any atom is 0.335 e. The largest absolute Gasteiger partial charge is 0.478 e. The SMILES string of the molecule is Cc1c(C(=O)O)ccc2c1CC[C@@H]2NC(=O)c1cc(C(=O)N2CCCC2c2cccc(F)c2)nc2ccnn12. The molecule has 6 rings (SSSR count). The number of carboxylic acid groups (broad SMARTS) is 1. The number of halogens is 1. The number of carbonyl (C=O) groups is 3. The second kappa shape index (κ2) is 9.61. The van der Waals surface area contributed by atoms with Gasteiger partial charge in [-0.05, 0) is 73.1 Å². The summed E-state index contributed by atoms with van der Waals surface area (Å²) in [6.45, 7) is 2.29. The molecule has 10 heteroatoms. The molecular formula is C29H26FN5O4. The molecule has 0 spiro atoms. The van der Waals surface area contributed by atoms with E-state index in [2.05, 4.69) is 15.4 Å². The first kappa shape index (κ1) is 24.7. The highest BCUT2D eigenvalue weighted by atomic mass is 19.1. The summed E-state index contributed by atoms with van der Waals surface area (Å²) in [7, 11) is 0. The Morgan fingerprint density at radius 3 is 2.74 bits per heavy atom. The molecule has 0 bridgehead atoms. The third-order valence-electron chi connectivity index (χ3n) is 7.79. The predicted molar refractivity (Wildman–Crippen MR) is 139 cm³/mol. The number of aromatic carboxylic acids is 1. The van der Waals surface area contributed by atoms with Crippen molar-refractivity contribution in [2.24, 2.45) is 0 Å². The highest BCUT2D eigenvalue weighted by molar-refractivity contribution is 5.98. The molecular weight excluding hydrogens is 501 g/mol. The number of benzene rings is 2. The van der Waals surface area contributed by atoms with E-state index < -0.39 is 11.9 Å². The number of nitrogens with zero attached hydrogens (tertiary/aromatic N) is 4. The van der Waals surface area contributed by atoms with Crippen molar-refractivity contribution in [2.45, 2.75) is 44.7 Å². The van der Waals surface area contributed by atoms with Crippen LogP contribution in [0.3, 0.4) is 0 Å². The van der Waals surface area contributed by atoms with Crippen molar-refractivity contribution >= 4 is 23.4 Å². The van der Waals surface area contributed by atoms with Gasteiger partial charge >= 0.3 is 5.97 Å². The van der Waals surface area contributed by atoms with Gasteiger partial charge in [0.15, 0.2) is 5.65 Å². The van der Waals surface area contributed by atoms with Crippen molar-refractivity contribution in [1.29, 1.82) is 0 Å². The van der Waals surface area contributed by atoms with Crippen LogP contribution < -0.4 is 5.32 Å². The Labute approximate surface area is 223 Å². The van der Waals surface area contributed by atoms with E-state index in [4.69, 9.17) is 0 Å². The fourth-order valence-electron chi connectivity index (χ4n) is 5.90. The number of carbonyl (C=O) groups excluding carboxylic acids is 2. The van der Waals surface area contributed by atoms with E-state index in [9.17, 15) is 23.9 Å². The van der Waals surface area contributed by atoms with Crippen LogP contribution >= 0.6 is 0 Å². The molecule has 198 valence electrons. The lowest BCUT2D eigenvalue weighted by atomic mass is 9.98. The molecule has 39 heavy (non-hydrogen) atoms. The molecule has 1 aliphatic carbocycles. The van der Waals surface area contributed by atoms with E-state index in [1.54, 1.807) is 36.1 Å².